The lowest BCUT2D eigenvalue weighted by atomic mass is 10.1. The number of aromatic nitrogens is 2. The van der Waals surface area contributed by atoms with Crippen LogP contribution in [-0.4, -0.2) is 28.5 Å². The van der Waals surface area contributed by atoms with Crippen molar-refractivity contribution >= 4 is 23.1 Å². The molecule has 1 aliphatic heterocycles. The zero-order valence-electron chi connectivity index (χ0n) is 17.2. The average molecular weight is 452 g/mol. The molecule has 0 bridgehead atoms. The molecule has 0 saturated carbocycles. The number of amides is 1. The van der Waals surface area contributed by atoms with E-state index in [4.69, 9.17) is 5.26 Å². The maximum atomic E-state index is 13.5. The first kappa shape index (κ1) is 23.0. The maximum absolute atomic E-state index is 13.5. The fourth-order valence-corrected chi connectivity index (χ4v) is 4.67. The second-order valence-corrected chi connectivity index (χ2v) is 8.63. The quantitative estimate of drug-likeness (QED) is 0.350. The Balaban J connectivity index is 1.91. The van der Waals surface area contributed by atoms with Crippen LogP contribution >= 0.6 is 11.3 Å². The Morgan fingerprint density at radius 2 is 2.13 bits per heavy atom. The van der Waals surface area contributed by atoms with Crippen molar-refractivity contribution in [3.8, 4) is 16.8 Å². The van der Waals surface area contributed by atoms with E-state index >= 15 is 0 Å². The summed E-state index contributed by atoms with van der Waals surface area (Å²) in [5.74, 6) is -1.73. The first-order chi connectivity index (χ1) is 14.8. The van der Waals surface area contributed by atoms with E-state index in [2.05, 4.69) is 22.2 Å². The van der Waals surface area contributed by atoms with Crippen molar-refractivity contribution < 1.29 is 18.0 Å². The predicted molar refractivity (Wildman–Crippen MR) is 112 cm³/mol. The number of hydrogen-bond donors (Lipinski definition) is 1. The van der Waals surface area contributed by atoms with Crippen molar-refractivity contribution in [2.24, 2.45) is 0 Å². The van der Waals surface area contributed by atoms with E-state index in [9.17, 15) is 18.0 Å². The first-order valence-corrected chi connectivity index (χ1v) is 11.2. The number of unbranched alkanes of at least 4 members (excludes halogenated alkanes) is 3. The molecule has 1 amide bonds. The van der Waals surface area contributed by atoms with E-state index in [0.717, 1.165) is 30.6 Å². The molecule has 0 aromatic carbocycles. The lowest BCUT2D eigenvalue weighted by Crippen LogP contribution is -2.42. The molecule has 3 heterocycles. The van der Waals surface area contributed by atoms with Gasteiger partial charge in [0, 0.05) is 17.5 Å². The lowest BCUT2D eigenvalue weighted by Gasteiger charge is -2.24. The highest BCUT2D eigenvalue weighted by molar-refractivity contribution is 7.15. The molecule has 2 aromatic heterocycles. The van der Waals surface area contributed by atoms with Gasteiger partial charge < -0.3 is 4.90 Å². The van der Waals surface area contributed by atoms with Gasteiger partial charge in [0.2, 0.25) is 5.82 Å². The van der Waals surface area contributed by atoms with Crippen molar-refractivity contribution in [1.29, 1.82) is 5.26 Å². The van der Waals surface area contributed by atoms with E-state index in [1.54, 1.807) is 12.3 Å². The highest BCUT2D eigenvalue weighted by atomic mass is 32.1. The Labute approximate surface area is 183 Å². The van der Waals surface area contributed by atoms with Crippen LogP contribution in [0.3, 0.4) is 0 Å². The van der Waals surface area contributed by atoms with E-state index in [0.29, 0.717) is 24.3 Å². The largest absolute Gasteiger partial charge is 0.451 e. The van der Waals surface area contributed by atoms with Crippen molar-refractivity contribution in [2.45, 2.75) is 64.1 Å². The summed E-state index contributed by atoms with van der Waals surface area (Å²) in [7, 11) is 0. The van der Waals surface area contributed by atoms with Crippen molar-refractivity contribution in [2.75, 3.05) is 11.4 Å². The van der Waals surface area contributed by atoms with Gasteiger partial charge in [-0.3, -0.25) is 10.1 Å². The van der Waals surface area contributed by atoms with Crippen LogP contribution in [0.5, 0.6) is 0 Å². The van der Waals surface area contributed by atoms with Gasteiger partial charge in [-0.1, -0.05) is 26.2 Å². The Kier molecular flexibility index (Phi) is 7.49. The standard InChI is InChI=1S/C21H24F3N5OS/c1-2-3-4-5-7-14-9-10-17(31-14)15-12-18(28-20(27-15)21(22,23)24)29-11-6-8-16(29)19(30)26-13-25/h9-10,12,16H,2-8,11H2,1H3,(H,26,30)/t16-/m0/s1. The summed E-state index contributed by atoms with van der Waals surface area (Å²) in [4.78, 5) is 22.9. The number of hydrogen-bond acceptors (Lipinski definition) is 6. The third kappa shape index (κ3) is 5.73. The van der Waals surface area contributed by atoms with Crippen LogP contribution in [0.1, 0.15) is 56.2 Å². The van der Waals surface area contributed by atoms with Crippen LogP contribution in [0.25, 0.3) is 10.6 Å². The van der Waals surface area contributed by atoms with Crippen molar-refractivity contribution in [3.05, 3.63) is 28.9 Å². The summed E-state index contributed by atoms with van der Waals surface area (Å²) in [5.41, 5.74) is 0.188. The van der Waals surface area contributed by atoms with Crippen molar-refractivity contribution in [1.82, 2.24) is 15.3 Å². The molecule has 3 rings (SSSR count). The molecule has 1 atom stereocenters. The second kappa shape index (κ2) is 10.1. The molecule has 1 saturated heterocycles. The summed E-state index contributed by atoms with van der Waals surface area (Å²) in [6, 6.07) is 4.48. The summed E-state index contributed by atoms with van der Waals surface area (Å²) in [6.45, 7) is 2.52. The molecular weight excluding hydrogens is 427 g/mol. The summed E-state index contributed by atoms with van der Waals surface area (Å²) in [5, 5.41) is 10.8. The van der Waals surface area contributed by atoms with Gasteiger partial charge in [-0.05, 0) is 37.8 Å². The van der Waals surface area contributed by atoms with Gasteiger partial charge in [0.15, 0.2) is 6.19 Å². The predicted octanol–water partition coefficient (Wildman–Crippen LogP) is 4.91. The SMILES string of the molecule is CCCCCCc1ccc(-c2cc(N3CCC[C@H]3C(=O)NC#N)nc(C(F)(F)F)n2)s1. The topological polar surface area (TPSA) is 81.9 Å². The van der Waals surface area contributed by atoms with Crippen LogP contribution in [0.2, 0.25) is 0 Å². The van der Waals surface area contributed by atoms with E-state index in [1.807, 2.05) is 6.07 Å². The molecule has 1 fully saturated rings. The summed E-state index contributed by atoms with van der Waals surface area (Å²) < 4.78 is 40.5. The first-order valence-electron chi connectivity index (χ1n) is 10.3. The molecule has 6 nitrogen and oxygen atoms in total. The number of rotatable bonds is 8. The van der Waals surface area contributed by atoms with E-state index in [-0.39, 0.29) is 11.5 Å². The molecule has 1 N–H and O–H groups in total. The number of carbonyl (C=O) groups excluding carboxylic acids is 1. The zero-order valence-corrected chi connectivity index (χ0v) is 18.0. The number of carbonyl (C=O) groups is 1. The van der Waals surface area contributed by atoms with Crippen LogP contribution in [0, 0.1) is 11.5 Å². The minimum atomic E-state index is -4.71. The molecule has 2 aromatic rings. The maximum Gasteiger partial charge on any atom is 0.451 e. The minimum absolute atomic E-state index is 0.0470. The smallest absolute Gasteiger partial charge is 0.344 e. The highest BCUT2D eigenvalue weighted by Gasteiger charge is 2.38. The number of nitriles is 1. The Morgan fingerprint density at radius 1 is 1.32 bits per heavy atom. The van der Waals surface area contributed by atoms with Crippen LogP contribution < -0.4 is 10.2 Å². The number of nitrogens with one attached hydrogen (secondary N) is 1. The van der Waals surface area contributed by atoms with E-state index in [1.165, 1.54) is 28.7 Å². The average Bonchev–Trinajstić information content (AvgIpc) is 3.40. The van der Waals surface area contributed by atoms with Gasteiger partial charge in [-0.2, -0.15) is 18.4 Å². The van der Waals surface area contributed by atoms with Gasteiger partial charge in [0.1, 0.15) is 11.9 Å². The van der Waals surface area contributed by atoms with Gasteiger partial charge in [0.25, 0.3) is 5.91 Å². The van der Waals surface area contributed by atoms with Gasteiger partial charge in [-0.25, -0.2) is 9.97 Å². The fourth-order valence-electron chi connectivity index (χ4n) is 3.66. The number of nitrogens with zero attached hydrogens (tertiary/aromatic N) is 4. The van der Waals surface area contributed by atoms with Crippen LogP contribution in [0.4, 0.5) is 19.0 Å². The van der Waals surface area contributed by atoms with Gasteiger partial charge in [0.05, 0.1) is 10.6 Å². The number of thiophene rings is 1. The molecule has 0 aliphatic carbocycles. The highest BCUT2D eigenvalue weighted by Crippen LogP contribution is 2.35. The molecule has 1 aliphatic rings. The third-order valence-electron chi connectivity index (χ3n) is 5.19. The van der Waals surface area contributed by atoms with E-state index < -0.39 is 23.9 Å². The Hall–Kier alpha value is -2.67. The summed E-state index contributed by atoms with van der Waals surface area (Å²) >= 11 is 1.43. The van der Waals surface area contributed by atoms with Crippen molar-refractivity contribution in [3.63, 3.8) is 0 Å². The molecule has 31 heavy (non-hydrogen) atoms. The third-order valence-corrected chi connectivity index (χ3v) is 6.35. The molecule has 0 unspecified atom stereocenters. The van der Waals surface area contributed by atoms with Gasteiger partial charge in [-0.15, -0.1) is 11.3 Å². The Bertz CT molecular complexity index is 953. The Morgan fingerprint density at radius 3 is 2.84 bits per heavy atom. The summed E-state index contributed by atoms with van der Waals surface area (Å²) in [6.07, 6.45) is 3.28. The number of aryl methyl sites for hydroxylation is 1. The number of alkyl halides is 3. The molecule has 0 spiro atoms. The van der Waals surface area contributed by atoms with Gasteiger partial charge >= 0.3 is 6.18 Å². The molecular formula is C21H24F3N5OS. The number of anilines is 1. The normalized spacial score (nSPS) is 16.4. The molecule has 0 radical (unpaired) electrons. The minimum Gasteiger partial charge on any atom is -0.344 e. The fraction of sp³-hybridized carbons (Fsp3) is 0.524. The monoisotopic (exact) mass is 451 g/mol. The zero-order chi connectivity index (χ0) is 22.4. The second-order valence-electron chi connectivity index (χ2n) is 7.46. The lowest BCUT2D eigenvalue weighted by molar-refractivity contribution is -0.144. The molecule has 10 heteroatoms. The van der Waals surface area contributed by atoms with Crippen LogP contribution in [0.15, 0.2) is 18.2 Å². The number of halogens is 3. The van der Waals surface area contributed by atoms with Crippen LogP contribution in [-0.2, 0) is 17.4 Å². The molecule has 166 valence electrons.